The van der Waals surface area contributed by atoms with Crippen LogP contribution in [0.15, 0.2) is 30.9 Å². The van der Waals surface area contributed by atoms with E-state index in [1.807, 2.05) is 0 Å². The van der Waals surface area contributed by atoms with Gasteiger partial charge in [-0.1, -0.05) is 11.6 Å². The van der Waals surface area contributed by atoms with Gasteiger partial charge >= 0.3 is 0 Å². The molecule has 0 bridgehead atoms. The first-order chi connectivity index (χ1) is 6.81. The lowest BCUT2D eigenvalue weighted by molar-refractivity contribution is 0.112. The van der Waals surface area contributed by atoms with Gasteiger partial charge in [-0.3, -0.25) is 4.79 Å². The van der Waals surface area contributed by atoms with Crippen LogP contribution in [0.4, 0.5) is 0 Å². The summed E-state index contributed by atoms with van der Waals surface area (Å²) in [6.45, 7) is 0. The quantitative estimate of drug-likeness (QED) is 0.705. The zero-order chi connectivity index (χ0) is 9.97. The summed E-state index contributed by atoms with van der Waals surface area (Å²) < 4.78 is 1.50. The van der Waals surface area contributed by atoms with Gasteiger partial charge in [0.1, 0.15) is 12.7 Å². The minimum Gasteiger partial charge on any atom is -0.298 e. The van der Waals surface area contributed by atoms with E-state index in [4.69, 9.17) is 11.6 Å². The summed E-state index contributed by atoms with van der Waals surface area (Å²) in [5.74, 6) is 0. The lowest BCUT2D eigenvalue weighted by atomic mass is 10.2. The summed E-state index contributed by atoms with van der Waals surface area (Å²) in [6, 6.07) is 4.97. The van der Waals surface area contributed by atoms with Gasteiger partial charge in [0.2, 0.25) is 0 Å². The van der Waals surface area contributed by atoms with Crippen molar-refractivity contribution in [3.05, 3.63) is 41.4 Å². The molecule has 0 aliphatic rings. The molecule has 0 atom stereocenters. The number of halogens is 1. The van der Waals surface area contributed by atoms with Crippen molar-refractivity contribution < 1.29 is 4.79 Å². The summed E-state index contributed by atoms with van der Waals surface area (Å²) in [5, 5.41) is 4.48. The molecule has 2 aromatic rings. The molecular formula is C9H6ClN3O. The Kier molecular flexibility index (Phi) is 2.28. The van der Waals surface area contributed by atoms with Crippen LogP contribution >= 0.6 is 11.6 Å². The molecule has 70 valence electrons. The fourth-order valence-electron chi connectivity index (χ4n) is 1.15. The summed E-state index contributed by atoms with van der Waals surface area (Å²) >= 11 is 5.81. The minimum atomic E-state index is 0.528. The highest BCUT2D eigenvalue weighted by Crippen LogP contribution is 2.17. The number of hydrogen-bond donors (Lipinski definition) is 0. The Hall–Kier alpha value is -1.68. The second kappa shape index (κ2) is 3.59. The van der Waals surface area contributed by atoms with E-state index in [2.05, 4.69) is 10.1 Å². The molecule has 0 spiro atoms. The number of aromatic nitrogens is 3. The average Bonchev–Trinajstić information content (AvgIpc) is 2.70. The van der Waals surface area contributed by atoms with Crippen molar-refractivity contribution in [3.63, 3.8) is 0 Å². The number of carbonyl (C=O) groups excluding carboxylic acids is 1. The molecule has 1 heterocycles. The molecule has 0 saturated carbocycles. The maximum Gasteiger partial charge on any atom is 0.152 e. The molecule has 0 unspecified atom stereocenters. The standard InChI is InChI=1S/C9H6ClN3O/c10-8-2-1-7(4-14)9(3-8)13-6-11-5-12-13/h1-6H. The SMILES string of the molecule is O=Cc1ccc(Cl)cc1-n1cncn1. The predicted octanol–water partition coefficient (Wildman–Crippen LogP) is 1.73. The van der Waals surface area contributed by atoms with Crippen LogP contribution in [-0.2, 0) is 0 Å². The van der Waals surface area contributed by atoms with E-state index in [0.29, 0.717) is 16.3 Å². The topological polar surface area (TPSA) is 47.8 Å². The highest BCUT2D eigenvalue weighted by molar-refractivity contribution is 6.30. The molecule has 0 aliphatic heterocycles. The maximum absolute atomic E-state index is 10.7. The Morgan fingerprint density at radius 1 is 1.43 bits per heavy atom. The number of hydrogen-bond acceptors (Lipinski definition) is 3. The van der Waals surface area contributed by atoms with E-state index >= 15 is 0 Å². The van der Waals surface area contributed by atoms with E-state index in [0.717, 1.165) is 6.29 Å². The van der Waals surface area contributed by atoms with E-state index in [1.165, 1.54) is 17.3 Å². The molecule has 4 nitrogen and oxygen atoms in total. The minimum absolute atomic E-state index is 0.528. The van der Waals surface area contributed by atoms with Crippen LogP contribution in [0.1, 0.15) is 10.4 Å². The monoisotopic (exact) mass is 207 g/mol. The van der Waals surface area contributed by atoms with E-state index in [-0.39, 0.29) is 0 Å². The Morgan fingerprint density at radius 2 is 2.29 bits per heavy atom. The molecular weight excluding hydrogens is 202 g/mol. The van der Waals surface area contributed by atoms with Crippen LogP contribution in [0.2, 0.25) is 5.02 Å². The van der Waals surface area contributed by atoms with E-state index < -0.39 is 0 Å². The third-order valence-corrected chi connectivity index (χ3v) is 2.02. The third kappa shape index (κ3) is 1.52. The number of aldehydes is 1. The number of carbonyl (C=O) groups is 1. The summed E-state index contributed by atoms with van der Waals surface area (Å²) in [4.78, 5) is 14.5. The van der Waals surface area contributed by atoms with Gasteiger partial charge in [0, 0.05) is 10.6 Å². The first-order valence-corrected chi connectivity index (χ1v) is 4.29. The maximum atomic E-state index is 10.7. The van der Waals surface area contributed by atoms with Crippen LogP contribution in [0.5, 0.6) is 0 Å². The molecule has 14 heavy (non-hydrogen) atoms. The van der Waals surface area contributed by atoms with Crippen molar-refractivity contribution in [1.82, 2.24) is 14.8 Å². The fraction of sp³-hybridized carbons (Fsp3) is 0. The fourth-order valence-corrected chi connectivity index (χ4v) is 1.31. The zero-order valence-corrected chi connectivity index (χ0v) is 7.85. The second-order valence-electron chi connectivity index (χ2n) is 2.66. The largest absolute Gasteiger partial charge is 0.298 e. The summed E-state index contributed by atoms with van der Waals surface area (Å²) in [6.07, 6.45) is 3.67. The number of benzene rings is 1. The molecule has 0 N–H and O–H groups in total. The second-order valence-corrected chi connectivity index (χ2v) is 3.10. The Bertz CT molecular complexity index is 453. The van der Waals surface area contributed by atoms with Crippen molar-refractivity contribution in [2.24, 2.45) is 0 Å². The molecule has 0 radical (unpaired) electrons. The normalized spacial score (nSPS) is 10.1. The first kappa shape index (κ1) is 8.90. The molecule has 1 aromatic carbocycles. The van der Waals surface area contributed by atoms with Gasteiger partial charge in [0.05, 0.1) is 5.69 Å². The predicted molar refractivity (Wildman–Crippen MR) is 51.8 cm³/mol. The zero-order valence-electron chi connectivity index (χ0n) is 7.09. The molecule has 0 amide bonds. The van der Waals surface area contributed by atoms with Crippen LogP contribution in [0, 0.1) is 0 Å². The van der Waals surface area contributed by atoms with Gasteiger partial charge in [-0.15, -0.1) is 0 Å². The van der Waals surface area contributed by atoms with Crippen molar-refractivity contribution in [2.75, 3.05) is 0 Å². The summed E-state index contributed by atoms with van der Waals surface area (Å²) in [7, 11) is 0. The van der Waals surface area contributed by atoms with Crippen LogP contribution < -0.4 is 0 Å². The molecule has 0 aliphatic carbocycles. The van der Waals surface area contributed by atoms with Crippen molar-refractivity contribution >= 4 is 17.9 Å². The van der Waals surface area contributed by atoms with Gasteiger partial charge in [-0.05, 0) is 18.2 Å². The number of nitrogens with zero attached hydrogens (tertiary/aromatic N) is 3. The molecule has 2 rings (SSSR count). The van der Waals surface area contributed by atoms with E-state index in [1.54, 1.807) is 18.2 Å². The lowest BCUT2D eigenvalue weighted by Crippen LogP contribution is -1.99. The Morgan fingerprint density at radius 3 is 2.93 bits per heavy atom. The summed E-state index contributed by atoms with van der Waals surface area (Å²) in [5.41, 5.74) is 1.16. The molecule has 0 fully saturated rings. The molecule has 0 saturated heterocycles. The van der Waals surface area contributed by atoms with Crippen LogP contribution in [0.25, 0.3) is 5.69 Å². The third-order valence-electron chi connectivity index (χ3n) is 1.79. The Balaban J connectivity index is 2.61. The smallest absolute Gasteiger partial charge is 0.152 e. The highest BCUT2D eigenvalue weighted by atomic mass is 35.5. The van der Waals surface area contributed by atoms with Crippen molar-refractivity contribution in [1.29, 1.82) is 0 Å². The first-order valence-electron chi connectivity index (χ1n) is 3.91. The van der Waals surface area contributed by atoms with Gasteiger partial charge in [0.25, 0.3) is 0 Å². The Labute approximate surface area is 85.1 Å². The van der Waals surface area contributed by atoms with Crippen molar-refractivity contribution in [3.8, 4) is 5.69 Å². The molecule has 1 aromatic heterocycles. The van der Waals surface area contributed by atoms with Gasteiger partial charge in [-0.25, -0.2) is 9.67 Å². The highest BCUT2D eigenvalue weighted by Gasteiger charge is 2.04. The van der Waals surface area contributed by atoms with Crippen LogP contribution in [0.3, 0.4) is 0 Å². The van der Waals surface area contributed by atoms with Crippen molar-refractivity contribution in [2.45, 2.75) is 0 Å². The lowest BCUT2D eigenvalue weighted by Gasteiger charge is -2.03. The van der Waals surface area contributed by atoms with E-state index in [9.17, 15) is 4.79 Å². The van der Waals surface area contributed by atoms with Gasteiger partial charge < -0.3 is 0 Å². The van der Waals surface area contributed by atoms with Crippen LogP contribution in [-0.4, -0.2) is 21.1 Å². The average molecular weight is 208 g/mol. The molecule has 5 heteroatoms. The van der Waals surface area contributed by atoms with Gasteiger partial charge in [0.15, 0.2) is 6.29 Å². The van der Waals surface area contributed by atoms with Gasteiger partial charge in [-0.2, -0.15) is 5.10 Å². The number of rotatable bonds is 2.